The van der Waals surface area contributed by atoms with Crippen LogP contribution in [0.3, 0.4) is 0 Å². The summed E-state index contributed by atoms with van der Waals surface area (Å²) in [5.41, 5.74) is 1.59. The number of ether oxygens (including phenoxy) is 1. The van der Waals surface area contributed by atoms with Crippen LogP contribution in [0.1, 0.15) is 30.1 Å². The number of anilines is 1. The summed E-state index contributed by atoms with van der Waals surface area (Å²) in [6, 6.07) is 8.01. The number of benzene rings is 1. The Morgan fingerprint density at radius 2 is 2.16 bits per heavy atom. The number of piperidine rings is 1. The van der Waals surface area contributed by atoms with Crippen molar-refractivity contribution in [3.05, 3.63) is 29.8 Å². The van der Waals surface area contributed by atoms with Crippen molar-refractivity contribution in [3.63, 3.8) is 0 Å². The van der Waals surface area contributed by atoms with Crippen LogP contribution in [0.2, 0.25) is 0 Å². The van der Waals surface area contributed by atoms with Gasteiger partial charge in [0.25, 0.3) is 0 Å². The van der Waals surface area contributed by atoms with E-state index in [9.17, 15) is 4.79 Å². The zero-order valence-electron chi connectivity index (χ0n) is 11.7. The molecule has 1 heterocycles. The quantitative estimate of drug-likeness (QED) is 0.846. The molecular weight excluding hydrogens is 240 g/mol. The highest BCUT2D eigenvalue weighted by Gasteiger charge is 2.18. The number of methoxy groups -OCH3 is 1. The predicted octanol–water partition coefficient (Wildman–Crippen LogP) is 2.37. The number of hydrogen-bond donors (Lipinski definition) is 1. The fraction of sp³-hybridized carbons (Fsp3) is 0.533. The van der Waals surface area contributed by atoms with Gasteiger partial charge in [-0.25, -0.2) is 4.79 Å². The maximum Gasteiger partial charge on any atom is 0.337 e. The molecule has 1 N–H and O–H groups in total. The van der Waals surface area contributed by atoms with Gasteiger partial charge in [0, 0.05) is 24.8 Å². The second-order valence-electron chi connectivity index (χ2n) is 4.93. The highest BCUT2D eigenvalue weighted by atomic mass is 16.5. The molecule has 1 aliphatic heterocycles. The van der Waals surface area contributed by atoms with Gasteiger partial charge in [0.1, 0.15) is 0 Å². The first-order valence-electron chi connectivity index (χ1n) is 6.90. The first kappa shape index (κ1) is 13.9. The third-order valence-corrected chi connectivity index (χ3v) is 3.69. The molecule has 1 fully saturated rings. The van der Waals surface area contributed by atoms with Crippen molar-refractivity contribution < 1.29 is 9.53 Å². The number of nitrogens with one attached hydrogen (secondary N) is 1. The van der Waals surface area contributed by atoms with Gasteiger partial charge in [-0.05, 0) is 37.6 Å². The molecule has 1 saturated heterocycles. The van der Waals surface area contributed by atoms with Crippen molar-refractivity contribution >= 4 is 11.7 Å². The fourth-order valence-electron chi connectivity index (χ4n) is 2.48. The van der Waals surface area contributed by atoms with Crippen LogP contribution in [0.25, 0.3) is 0 Å². The van der Waals surface area contributed by atoms with Gasteiger partial charge in [0.2, 0.25) is 0 Å². The van der Waals surface area contributed by atoms with Crippen molar-refractivity contribution in [3.8, 4) is 0 Å². The molecular formula is C15H22N2O2. The molecule has 0 bridgehead atoms. The monoisotopic (exact) mass is 262 g/mol. The topological polar surface area (TPSA) is 41.6 Å². The van der Waals surface area contributed by atoms with Crippen molar-refractivity contribution in [2.75, 3.05) is 32.1 Å². The van der Waals surface area contributed by atoms with Crippen LogP contribution in [0.15, 0.2) is 24.3 Å². The third kappa shape index (κ3) is 3.70. The molecule has 0 spiro atoms. The standard InChI is InChI=1S/C15H22N2O2/c1-3-17-9-7-13(8-10-17)16-14-6-4-5-12(11-14)15(18)19-2/h4-6,11,13,16H,3,7-10H2,1-2H3. The summed E-state index contributed by atoms with van der Waals surface area (Å²) in [5, 5.41) is 3.51. The van der Waals surface area contributed by atoms with Crippen molar-refractivity contribution in [2.45, 2.75) is 25.8 Å². The summed E-state index contributed by atoms with van der Waals surface area (Å²) < 4.78 is 4.74. The van der Waals surface area contributed by atoms with E-state index in [1.807, 2.05) is 18.2 Å². The summed E-state index contributed by atoms with van der Waals surface area (Å²) in [4.78, 5) is 13.9. The smallest absolute Gasteiger partial charge is 0.337 e. The maximum absolute atomic E-state index is 11.5. The lowest BCUT2D eigenvalue weighted by Crippen LogP contribution is -2.38. The molecule has 1 aromatic rings. The molecule has 0 aromatic heterocycles. The number of nitrogens with zero attached hydrogens (tertiary/aromatic N) is 1. The number of likely N-dealkylation sites (tertiary alicyclic amines) is 1. The van der Waals surface area contributed by atoms with E-state index < -0.39 is 0 Å². The van der Waals surface area contributed by atoms with E-state index in [2.05, 4.69) is 17.1 Å². The predicted molar refractivity (Wildman–Crippen MR) is 76.5 cm³/mol. The van der Waals surface area contributed by atoms with Crippen molar-refractivity contribution in [1.82, 2.24) is 4.90 Å². The van der Waals surface area contributed by atoms with Gasteiger partial charge in [-0.15, -0.1) is 0 Å². The van der Waals surface area contributed by atoms with E-state index in [0.29, 0.717) is 11.6 Å². The molecule has 0 atom stereocenters. The second kappa shape index (κ2) is 6.57. The minimum Gasteiger partial charge on any atom is -0.465 e. The van der Waals surface area contributed by atoms with Crippen LogP contribution < -0.4 is 5.32 Å². The maximum atomic E-state index is 11.5. The Balaban J connectivity index is 1.94. The highest BCUT2D eigenvalue weighted by molar-refractivity contribution is 5.90. The van der Waals surface area contributed by atoms with Gasteiger partial charge in [0.15, 0.2) is 0 Å². The first-order valence-corrected chi connectivity index (χ1v) is 6.90. The van der Waals surface area contributed by atoms with E-state index in [-0.39, 0.29) is 5.97 Å². The Morgan fingerprint density at radius 1 is 1.42 bits per heavy atom. The molecule has 0 unspecified atom stereocenters. The van der Waals surface area contributed by atoms with E-state index >= 15 is 0 Å². The molecule has 19 heavy (non-hydrogen) atoms. The average Bonchev–Trinajstić information content (AvgIpc) is 2.47. The van der Waals surface area contributed by atoms with Crippen LogP contribution in [0, 0.1) is 0 Å². The van der Waals surface area contributed by atoms with Gasteiger partial charge in [-0.2, -0.15) is 0 Å². The van der Waals surface area contributed by atoms with E-state index in [0.717, 1.165) is 38.2 Å². The number of carbonyl (C=O) groups is 1. The third-order valence-electron chi connectivity index (χ3n) is 3.69. The Morgan fingerprint density at radius 3 is 2.79 bits per heavy atom. The van der Waals surface area contributed by atoms with Gasteiger partial charge in [-0.1, -0.05) is 13.0 Å². The molecule has 1 aromatic carbocycles. The second-order valence-corrected chi connectivity index (χ2v) is 4.93. The zero-order chi connectivity index (χ0) is 13.7. The molecule has 1 aliphatic rings. The Labute approximate surface area is 114 Å². The average molecular weight is 262 g/mol. The molecule has 4 heteroatoms. The summed E-state index contributed by atoms with van der Waals surface area (Å²) >= 11 is 0. The Kier molecular flexibility index (Phi) is 4.80. The lowest BCUT2D eigenvalue weighted by Gasteiger charge is -2.32. The van der Waals surface area contributed by atoms with Crippen LogP contribution in [-0.2, 0) is 4.74 Å². The lowest BCUT2D eigenvalue weighted by atomic mass is 10.0. The molecule has 0 radical (unpaired) electrons. The molecule has 104 valence electrons. The first-order chi connectivity index (χ1) is 9.22. The molecule has 4 nitrogen and oxygen atoms in total. The zero-order valence-corrected chi connectivity index (χ0v) is 11.7. The summed E-state index contributed by atoms with van der Waals surface area (Å²) in [6.07, 6.45) is 2.30. The summed E-state index contributed by atoms with van der Waals surface area (Å²) in [5.74, 6) is -0.288. The van der Waals surface area contributed by atoms with E-state index in [1.54, 1.807) is 6.07 Å². The van der Waals surface area contributed by atoms with Crippen LogP contribution in [-0.4, -0.2) is 43.7 Å². The number of carbonyl (C=O) groups excluding carboxylic acids is 1. The molecule has 0 saturated carbocycles. The van der Waals surface area contributed by atoms with Gasteiger partial charge < -0.3 is 15.0 Å². The van der Waals surface area contributed by atoms with Crippen LogP contribution >= 0.6 is 0 Å². The number of hydrogen-bond acceptors (Lipinski definition) is 4. The Hall–Kier alpha value is -1.55. The van der Waals surface area contributed by atoms with Crippen molar-refractivity contribution in [1.29, 1.82) is 0 Å². The van der Waals surface area contributed by atoms with Gasteiger partial charge in [0.05, 0.1) is 12.7 Å². The van der Waals surface area contributed by atoms with Crippen molar-refractivity contribution in [2.24, 2.45) is 0 Å². The summed E-state index contributed by atoms with van der Waals surface area (Å²) in [7, 11) is 1.41. The largest absolute Gasteiger partial charge is 0.465 e. The van der Waals surface area contributed by atoms with E-state index in [1.165, 1.54) is 7.11 Å². The minimum atomic E-state index is -0.288. The molecule has 0 aliphatic carbocycles. The molecule has 2 rings (SSSR count). The lowest BCUT2D eigenvalue weighted by molar-refractivity contribution is 0.0601. The molecule has 0 amide bonds. The Bertz CT molecular complexity index is 426. The van der Waals surface area contributed by atoms with E-state index in [4.69, 9.17) is 4.74 Å². The minimum absolute atomic E-state index is 0.288. The normalized spacial score (nSPS) is 17.2. The van der Waals surface area contributed by atoms with Gasteiger partial charge in [-0.3, -0.25) is 0 Å². The van der Waals surface area contributed by atoms with Crippen LogP contribution in [0.4, 0.5) is 5.69 Å². The summed E-state index contributed by atoms with van der Waals surface area (Å²) in [6.45, 7) is 5.62. The number of esters is 1. The fourth-order valence-corrected chi connectivity index (χ4v) is 2.48. The van der Waals surface area contributed by atoms with Gasteiger partial charge >= 0.3 is 5.97 Å². The highest BCUT2D eigenvalue weighted by Crippen LogP contribution is 2.18. The SMILES string of the molecule is CCN1CCC(Nc2cccc(C(=O)OC)c2)CC1. The van der Waals surface area contributed by atoms with Crippen LogP contribution in [0.5, 0.6) is 0 Å². The number of rotatable bonds is 4.